The van der Waals surface area contributed by atoms with Crippen molar-refractivity contribution in [3.05, 3.63) is 52.5 Å². The number of ether oxygens (including phenoxy) is 1. The number of primary amides is 1. The summed E-state index contributed by atoms with van der Waals surface area (Å²) in [6.45, 7) is 1.16. The molecule has 1 aliphatic rings. The van der Waals surface area contributed by atoms with Crippen LogP contribution in [-0.4, -0.2) is 40.9 Å². The van der Waals surface area contributed by atoms with Gasteiger partial charge in [0.05, 0.1) is 6.54 Å². The molecule has 6 nitrogen and oxygen atoms in total. The van der Waals surface area contributed by atoms with Gasteiger partial charge in [-0.2, -0.15) is 0 Å². The number of pyridine rings is 1. The van der Waals surface area contributed by atoms with Crippen LogP contribution >= 0.6 is 11.3 Å². The van der Waals surface area contributed by atoms with Gasteiger partial charge in [0.25, 0.3) is 5.91 Å². The van der Waals surface area contributed by atoms with Crippen molar-refractivity contribution in [2.45, 2.75) is 12.5 Å². The Kier molecular flexibility index (Phi) is 4.90. The molecular formula is C17H17N3O3S. The lowest BCUT2D eigenvalue weighted by Crippen LogP contribution is -2.29. The Morgan fingerprint density at radius 1 is 1.42 bits per heavy atom. The molecule has 124 valence electrons. The van der Waals surface area contributed by atoms with Crippen LogP contribution in [0.15, 0.2) is 41.9 Å². The van der Waals surface area contributed by atoms with Crippen LogP contribution in [0.25, 0.3) is 6.08 Å². The summed E-state index contributed by atoms with van der Waals surface area (Å²) in [6.07, 6.45) is 5.53. The number of hydrogen-bond acceptors (Lipinski definition) is 5. The van der Waals surface area contributed by atoms with Crippen LogP contribution in [0.1, 0.15) is 21.8 Å². The SMILES string of the molecule is NC(=O)c1cc(OC2CCN(C(=O)C=Cc3cccs3)C2)ccn1. The van der Waals surface area contributed by atoms with Gasteiger partial charge in [-0.3, -0.25) is 14.6 Å². The van der Waals surface area contributed by atoms with Crippen LogP contribution in [0.3, 0.4) is 0 Å². The zero-order valence-corrected chi connectivity index (χ0v) is 13.7. The highest BCUT2D eigenvalue weighted by Gasteiger charge is 2.26. The van der Waals surface area contributed by atoms with Gasteiger partial charge in [0, 0.05) is 36.2 Å². The lowest BCUT2D eigenvalue weighted by atomic mass is 10.3. The maximum atomic E-state index is 12.2. The molecule has 2 aromatic heterocycles. The molecule has 0 saturated carbocycles. The molecule has 0 radical (unpaired) electrons. The average Bonchev–Trinajstić information content (AvgIpc) is 3.24. The summed E-state index contributed by atoms with van der Waals surface area (Å²) in [4.78, 5) is 30.0. The summed E-state index contributed by atoms with van der Waals surface area (Å²) in [7, 11) is 0. The van der Waals surface area contributed by atoms with E-state index in [0.717, 1.165) is 11.3 Å². The molecule has 24 heavy (non-hydrogen) atoms. The fourth-order valence-electron chi connectivity index (χ4n) is 2.48. The van der Waals surface area contributed by atoms with Crippen LogP contribution in [0.5, 0.6) is 5.75 Å². The summed E-state index contributed by atoms with van der Waals surface area (Å²) >= 11 is 1.59. The van der Waals surface area contributed by atoms with Crippen molar-refractivity contribution in [3.8, 4) is 5.75 Å². The third kappa shape index (κ3) is 3.99. The normalized spacial score (nSPS) is 17.3. The van der Waals surface area contributed by atoms with E-state index in [1.165, 1.54) is 12.3 Å². The standard InChI is InChI=1S/C17H17N3O3S/c18-17(22)15-10-12(5-7-19-15)23-13-6-8-20(11-13)16(21)4-3-14-2-1-9-24-14/h1-5,7,9-10,13H,6,8,11H2,(H2,18,22). The summed E-state index contributed by atoms with van der Waals surface area (Å²) in [6, 6.07) is 7.10. The summed E-state index contributed by atoms with van der Waals surface area (Å²) in [5.74, 6) is -0.0864. The maximum Gasteiger partial charge on any atom is 0.267 e. The molecule has 0 bridgehead atoms. The van der Waals surface area contributed by atoms with E-state index >= 15 is 0 Å². The lowest BCUT2D eigenvalue weighted by Gasteiger charge is -2.16. The zero-order valence-electron chi connectivity index (χ0n) is 12.9. The van der Waals surface area contributed by atoms with Crippen molar-refractivity contribution in [2.24, 2.45) is 5.73 Å². The van der Waals surface area contributed by atoms with Crippen molar-refractivity contribution in [1.29, 1.82) is 0 Å². The van der Waals surface area contributed by atoms with Crippen LogP contribution in [0, 0.1) is 0 Å². The van der Waals surface area contributed by atoms with E-state index in [9.17, 15) is 9.59 Å². The van der Waals surface area contributed by atoms with Crippen LogP contribution in [0.2, 0.25) is 0 Å². The van der Waals surface area contributed by atoms with Gasteiger partial charge in [-0.25, -0.2) is 0 Å². The number of likely N-dealkylation sites (tertiary alicyclic amines) is 1. The fourth-order valence-corrected chi connectivity index (χ4v) is 3.10. The zero-order chi connectivity index (χ0) is 16.9. The molecule has 0 aliphatic carbocycles. The second kappa shape index (κ2) is 7.27. The largest absolute Gasteiger partial charge is 0.488 e. The molecule has 1 saturated heterocycles. The van der Waals surface area contributed by atoms with Crippen molar-refractivity contribution >= 4 is 29.2 Å². The Balaban J connectivity index is 1.56. The third-order valence-corrected chi connectivity index (χ3v) is 4.51. The highest BCUT2D eigenvalue weighted by Crippen LogP contribution is 2.19. The van der Waals surface area contributed by atoms with Crippen molar-refractivity contribution in [3.63, 3.8) is 0 Å². The van der Waals surface area contributed by atoms with E-state index in [0.29, 0.717) is 18.8 Å². The number of aromatic nitrogens is 1. The predicted molar refractivity (Wildman–Crippen MR) is 91.7 cm³/mol. The number of amides is 2. The Bertz CT molecular complexity index is 758. The van der Waals surface area contributed by atoms with Crippen LogP contribution < -0.4 is 10.5 Å². The van der Waals surface area contributed by atoms with Gasteiger partial charge in [0.1, 0.15) is 17.5 Å². The van der Waals surface area contributed by atoms with Gasteiger partial charge >= 0.3 is 0 Å². The minimum absolute atomic E-state index is 0.0259. The Hall–Kier alpha value is -2.67. The summed E-state index contributed by atoms with van der Waals surface area (Å²) in [5.41, 5.74) is 5.37. The number of hydrogen-bond donors (Lipinski definition) is 1. The van der Waals surface area contributed by atoms with Crippen molar-refractivity contribution < 1.29 is 14.3 Å². The Morgan fingerprint density at radius 3 is 3.04 bits per heavy atom. The van der Waals surface area contributed by atoms with Gasteiger partial charge in [-0.1, -0.05) is 6.07 Å². The topological polar surface area (TPSA) is 85.5 Å². The fraction of sp³-hybridized carbons (Fsp3) is 0.235. The van der Waals surface area contributed by atoms with E-state index in [1.807, 2.05) is 23.6 Å². The highest BCUT2D eigenvalue weighted by molar-refractivity contribution is 7.10. The lowest BCUT2D eigenvalue weighted by molar-refractivity contribution is -0.125. The van der Waals surface area contributed by atoms with E-state index in [1.54, 1.807) is 28.4 Å². The number of carbonyl (C=O) groups excluding carboxylic acids is 2. The van der Waals surface area contributed by atoms with Gasteiger partial charge in [0.15, 0.2) is 0 Å². The second-order valence-corrected chi connectivity index (χ2v) is 6.38. The summed E-state index contributed by atoms with van der Waals surface area (Å²) < 4.78 is 5.83. The van der Waals surface area contributed by atoms with Gasteiger partial charge in [-0.15, -0.1) is 11.3 Å². The number of rotatable bonds is 5. The van der Waals surface area contributed by atoms with Gasteiger partial charge in [0.2, 0.25) is 5.91 Å². The minimum atomic E-state index is -0.595. The molecule has 1 atom stereocenters. The summed E-state index contributed by atoms with van der Waals surface area (Å²) in [5, 5.41) is 1.97. The maximum absolute atomic E-state index is 12.2. The molecule has 3 rings (SSSR count). The monoisotopic (exact) mass is 343 g/mol. The molecule has 2 aromatic rings. The molecule has 1 aliphatic heterocycles. The number of nitrogens with zero attached hydrogens (tertiary/aromatic N) is 2. The first-order chi connectivity index (χ1) is 11.6. The van der Waals surface area contributed by atoms with E-state index in [-0.39, 0.29) is 17.7 Å². The molecule has 0 aromatic carbocycles. The highest BCUT2D eigenvalue weighted by atomic mass is 32.1. The van der Waals surface area contributed by atoms with E-state index in [2.05, 4.69) is 4.98 Å². The van der Waals surface area contributed by atoms with Crippen LogP contribution in [-0.2, 0) is 4.79 Å². The van der Waals surface area contributed by atoms with Crippen molar-refractivity contribution in [1.82, 2.24) is 9.88 Å². The average molecular weight is 343 g/mol. The Morgan fingerprint density at radius 2 is 2.29 bits per heavy atom. The molecule has 7 heteroatoms. The quantitative estimate of drug-likeness (QED) is 0.841. The van der Waals surface area contributed by atoms with Crippen molar-refractivity contribution in [2.75, 3.05) is 13.1 Å². The molecule has 1 fully saturated rings. The molecule has 2 amide bonds. The van der Waals surface area contributed by atoms with Gasteiger partial charge in [-0.05, 0) is 23.6 Å². The molecule has 1 unspecified atom stereocenters. The molecule has 0 spiro atoms. The molecule has 2 N–H and O–H groups in total. The van der Waals surface area contributed by atoms with E-state index in [4.69, 9.17) is 10.5 Å². The first-order valence-corrected chi connectivity index (χ1v) is 8.43. The Labute approximate surface area is 143 Å². The number of nitrogens with two attached hydrogens (primary N) is 1. The number of thiophene rings is 1. The number of carbonyl (C=O) groups is 2. The van der Waals surface area contributed by atoms with E-state index < -0.39 is 5.91 Å². The minimum Gasteiger partial charge on any atom is -0.488 e. The smallest absolute Gasteiger partial charge is 0.267 e. The first kappa shape index (κ1) is 16.2. The predicted octanol–water partition coefficient (Wildman–Crippen LogP) is 1.94. The van der Waals surface area contributed by atoms with Crippen LogP contribution in [0.4, 0.5) is 0 Å². The molecular weight excluding hydrogens is 326 g/mol. The second-order valence-electron chi connectivity index (χ2n) is 5.40. The van der Waals surface area contributed by atoms with Gasteiger partial charge < -0.3 is 15.4 Å². The third-order valence-electron chi connectivity index (χ3n) is 3.68. The first-order valence-electron chi connectivity index (χ1n) is 7.55. The molecule has 3 heterocycles.